The summed E-state index contributed by atoms with van der Waals surface area (Å²) in [5.41, 5.74) is 5.84. The molecule has 2 N–H and O–H groups in total. The predicted octanol–water partition coefficient (Wildman–Crippen LogP) is 1.24. The Hall–Kier alpha value is -1.51. The third kappa shape index (κ3) is 2.43. The number of hydrogen-bond donors (Lipinski definition) is 1. The van der Waals surface area contributed by atoms with Gasteiger partial charge in [0.15, 0.2) is 0 Å². The van der Waals surface area contributed by atoms with Gasteiger partial charge in [-0.05, 0) is 37.8 Å². The summed E-state index contributed by atoms with van der Waals surface area (Å²) < 4.78 is 27.1. The molecule has 0 amide bonds. The molecule has 1 aromatic rings. The molecular formula is C13H17N3O4S. The first-order chi connectivity index (χ1) is 9.89. The number of fused-ring (bicyclic) bond motifs is 2. The average molecular weight is 311 g/mol. The molecule has 0 aromatic heterocycles. The van der Waals surface area contributed by atoms with Crippen LogP contribution in [0.15, 0.2) is 29.2 Å². The van der Waals surface area contributed by atoms with E-state index in [0.29, 0.717) is 12.8 Å². The molecule has 3 rings (SSSR count). The highest BCUT2D eigenvalue weighted by Crippen LogP contribution is 2.39. The summed E-state index contributed by atoms with van der Waals surface area (Å²) in [5.74, 6) is 0. The summed E-state index contributed by atoms with van der Waals surface area (Å²) >= 11 is 0. The van der Waals surface area contributed by atoms with Crippen LogP contribution in [0.3, 0.4) is 0 Å². The molecule has 8 heteroatoms. The maximum absolute atomic E-state index is 12.8. The van der Waals surface area contributed by atoms with Gasteiger partial charge in [0, 0.05) is 30.3 Å². The number of hydrogen-bond acceptors (Lipinski definition) is 5. The van der Waals surface area contributed by atoms with Crippen molar-refractivity contribution in [3.63, 3.8) is 0 Å². The topological polar surface area (TPSA) is 107 Å². The average Bonchev–Trinajstić information content (AvgIpc) is 2.72. The molecule has 1 aromatic carbocycles. The Bertz CT molecular complexity index is 644. The Labute approximate surface area is 122 Å². The zero-order valence-electron chi connectivity index (χ0n) is 11.4. The fourth-order valence-corrected chi connectivity index (χ4v) is 5.32. The van der Waals surface area contributed by atoms with Gasteiger partial charge < -0.3 is 5.73 Å². The second kappa shape index (κ2) is 5.04. The minimum absolute atomic E-state index is 0.0426. The second-order valence-electron chi connectivity index (χ2n) is 5.70. The lowest BCUT2D eigenvalue weighted by molar-refractivity contribution is -0.384. The van der Waals surface area contributed by atoms with Crippen molar-refractivity contribution in [3.8, 4) is 0 Å². The van der Waals surface area contributed by atoms with Crippen molar-refractivity contribution in [1.29, 1.82) is 0 Å². The Morgan fingerprint density at radius 1 is 1.14 bits per heavy atom. The van der Waals surface area contributed by atoms with Gasteiger partial charge in [0.05, 0.1) is 9.82 Å². The van der Waals surface area contributed by atoms with Gasteiger partial charge in [-0.3, -0.25) is 10.1 Å². The van der Waals surface area contributed by atoms with E-state index in [1.807, 2.05) is 0 Å². The van der Waals surface area contributed by atoms with Gasteiger partial charge in [0.1, 0.15) is 0 Å². The number of benzene rings is 1. The number of nitro groups is 1. The van der Waals surface area contributed by atoms with Crippen LogP contribution in [0.5, 0.6) is 0 Å². The molecule has 2 saturated heterocycles. The maximum Gasteiger partial charge on any atom is 0.269 e. The molecule has 2 heterocycles. The quantitative estimate of drug-likeness (QED) is 0.667. The van der Waals surface area contributed by atoms with Crippen molar-refractivity contribution in [2.75, 3.05) is 0 Å². The molecule has 7 nitrogen and oxygen atoms in total. The molecule has 0 spiro atoms. The first-order valence-corrected chi connectivity index (χ1v) is 8.37. The van der Waals surface area contributed by atoms with Gasteiger partial charge in [-0.1, -0.05) is 0 Å². The molecule has 0 saturated carbocycles. The van der Waals surface area contributed by atoms with Gasteiger partial charge in [-0.15, -0.1) is 0 Å². The summed E-state index contributed by atoms with van der Waals surface area (Å²) in [7, 11) is -3.61. The summed E-state index contributed by atoms with van der Waals surface area (Å²) in [4.78, 5) is 10.2. The first-order valence-electron chi connectivity index (χ1n) is 6.93. The Morgan fingerprint density at radius 3 is 2.14 bits per heavy atom. The number of non-ortho nitro benzene ring substituents is 1. The van der Waals surface area contributed by atoms with Gasteiger partial charge in [-0.2, -0.15) is 4.31 Å². The summed E-state index contributed by atoms with van der Waals surface area (Å²) in [6.45, 7) is 0. The van der Waals surface area contributed by atoms with Crippen molar-refractivity contribution in [2.45, 2.75) is 48.7 Å². The number of nitro benzene ring substituents is 1. The SMILES string of the molecule is NC1C[C@H]2CC[C@@H](C1)N2S(=O)(=O)c1ccc([N+](=O)[O-])cc1. The lowest BCUT2D eigenvalue weighted by atomic mass is 10.0. The lowest BCUT2D eigenvalue weighted by Crippen LogP contribution is -2.49. The predicted molar refractivity (Wildman–Crippen MR) is 76.1 cm³/mol. The highest BCUT2D eigenvalue weighted by molar-refractivity contribution is 7.89. The number of piperidine rings is 1. The normalized spacial score (nSPS) is 29.5. The first kappa shape index (κ1) is 14.4. The Balaban J connectivity index is 1.92. The molecule has 2 bridgehead atoms. The molecule has 0 aliphatic carbocycles. The third-order valence-corrected chi connectivity index (χ3v) is 6.34. The van der Waals surface area contributed by atoms with E-state index in [1.54, 1.807) is 4.31 Å². The zero-order chi connectivity index (χ0) is 15.2. The van der Waals surface area contributed by atoms with E-state index in [-0.39, 0.29) is 28.7 Å². The molecular weight excluding hydrogens is 294 g/mol. The number of nitrogens with two attached hydrogens (primary N) is 1. The van der Waals surface area contributed by atoms with E-state index >= 15 is 0 Å². The van der Waals surface area contributed by atoms with E-state index in [9.17, 15) is 18.5 Å². The molecule has 3 atom stereocenters. The maximum atomic E-state index is 12.8. The van der Waals surface area contributed by atoms with E-state index in [1.165, 1.54) is 24.3 Å². The van der Waals surface area contributed by atoms with Crippen molar-refractivity contribution in [1.82, 2.24) is 4.31 Å². The summed E-state index contributed by atoms with van der Waals surface area (Å²) in [6.07, 6.45) is 3.04. The smallest absolute Gasteiger partial charge is 0.269 e. The van der Waals surface area contributed by atoms with Crippen LogP contribution >= 0.6 is 0 Å². The monoisotopic (exact) mass is 311 g/mol. The van der Waals surface area contributed by atoms with Crippen LogP contribution in [0.4, 0.5) is 5.69 Å². The number of nitrogens with zero attached hydrogens (tertiary/aromatic N) is 2. The highest BCUT2D eigenvalue weighted by Gasteiger charge is 2.46. The van der Waals surface area contributed by atoms with Crippen LogP contribution in [-0.4, -0.2) is 35.8 Å². The number of rotatable bonds is 3. The van der Waals surface area contributed by atoms with Crippen LogP contribution < -0.4 is 5.73 Å². The molecule has 0 radical (unpaired) electrons. The molecule has 2 aliphatic rings. The van der Waals surface area contributed by atoms with Crippen LogP contribution in [-0.2, 0) is 10.0 Å². The Kier molecular flexibility index (Phi) is 3.46. The van der Waals surface area contributed by atoms with Crippen molar-refractivity contribution in [3.05, 3.63) is 34.4 Å². The van der Waals surface area contributed by atoms with Crippen molar-refractivity contribution in [2.24, 2.45) is 5.73 Å². The van der Waals surface area contributed by atoms with Crippen LogP contribution in [0, 0.1) is 10.1 Å². The summed E-state index contributed by atoms with van der Waals surface area (Å²) in [6, 6.07) is 5.04. The van der Waals surface area contributed by atoms with Gasteiger partial charge in [-0.25, -0.2) is 8.42 Å². The zero-order valence-corrected chi connectivity index (χ0v) is 12.2. The van der Waals surface area contributed by atoms with Gasteiger partial charge >= 0.3 is 0 Å². The minimum Gasteiger partial charge on any atom is -0.328 e. The fourth-order valence-electron chi connectivity index (χ4n) is 3.43. The van der Waals surface area contributed by atoms with Gasteiger partial charge in [0.2, 0.25) is 10.0 Å². The largest absolute Gasteiger partial charge is 0.328 e. The van der Waals surface area contributed by atoms with E-state index in [2.05, 4.69) is 0 Å². The number of sulfonamides is 1. The van der Waals surface area contributed by atoms with Crippen LogP contribution in [0.1, 0.15) is 25.7 Å². The second-order valence-corrected chi connectivity index (χ2v) is 7.55. The molecule has 2 fully saturated rings. The van der Waals surface area contributed by atoms with Crippen LogP contribution in [0.2, 0.25) is 0 Å². The van der Waals surface area contributed by atoms with E-state index in [0.717, 1.165) is 12.8 Å². The Morgan fingerprint density at radius 2 is 1.67 bits per heavy atom. The summed E-state index contributed by atoms with van der Waals surface area (Å²) in [5, 5.41) is 10.6. The van der Waals surface area contributed by atoms with E-state index in [4.69, 9.17) is 5.73 Å². The highest BCUT2D eigenvalue weighted by atomic mass is 32.2. The van der Waals surface area contributed by atoms with Crippen molar-refractivity contribution >= 4 is 15.7 Å². The molecule has 2 aliphatic heterocycles. The van der Waals surface area contributed by atoms with Gasteiger partial charge in [0.25, 0.3) is 5.69 Å². The third-order valence-electron chi connectivity index (χ3n) is 4.33. The lowest BCUT2D eigenvalue weighted by Gasteiger charge is -2.36. The standard InChI is InChI=1S/C13H17N3O4S/c14-9-7-11-1-2-12(8-9)15(11)21(19,20)13-5-3-10(4-6-13)16(17)18/h3-6,9,11-12H,1-2,7-8,14H2/t9?,11-,12+. The molecule has 1 unspecified atom stereocenters. The van der Waals surface area contributed by atoms with Crippen LogP contribution in [0.25, 0.3) is 0 Å². The minimum atomic E-state index is -3.61. The molecule has 114 valence electrons. The fraction of sp³-hybridized carbons (Fsp3) is 0.538. The molecule has 21 heavy (non-hydrogen) atoms. The van der Waals surface area contributed by atoms with Crippen molar-refractivity contribution < 1.29 is 13.3 Å². The van der Waals surface area contributed by atoms with E-state index < -0.39 is 14.9 Å².